The van der Waals surface area contributed by atoms with Gasteiger partial charge in [0.25, 0.3) is 0 Å². The molecule has 2 aromatic carbocycles. The third-order valence-electron chi connectivity index (χ3n) is 3.64. The molecule has 0 aliphatic rings. The van der Waals surface area contributed by atoms with Crippen molar-refractivity contribution in [1.29, 1.82) is 0 Å². The number of carboxylic acid groups (broad SMARTS) is 1. The summed E-state index contributed by atoms with van der Waals surface area (Å²) < 4.78 is 9.87. The Morgan fingerprint density at radius 2 is 1.78 bits per heavy atom. The molecule has 0 aliphatic carbocycles. The minimum absolute atomic E-state index is 0. The zero-order valence-corrected chi connectivity index (χ0v) is 17.0. The van der Waals surface area contributed by atoms with Gasteiger partial charge in [-0.15, -0.1) is 0 Å². The SMILES string of the molecule is COc1ccc(CCC(=O)c2c(O)cc(OCC(=O)[O-])cc2O)cc1N.[Na+]. The molecule has 0 aliphatic heterocycles. The summed E-state index contributed by atoms with van der Waals surface area (Å²) in [4.78, 5) is 22.7. The van der Waals surface area contributed by atoms with Gasteiger partial charge in [-0.05, 0) is 24.1 Å². The zero-order valence-electron chi connectivity index (χ0n) is 15.0. The fourth-order valence-electron chi connectivity index (χ4n) is 2.42. The molecule has 9 heteroatoms. The Labute approximate surface area is 177 Å². The standard InChI is InChI=1S/C18H19NO7.Na/c1-25-16-5-3-10(6-12(16)19)2-4-13(20)18-14(21)7-11(8-15(18)22)26-9-17(23)24;/h3,5-8,21-22H,2,4,9,19H2,1H3,(H,23,24);/q;+1/p-1. The van der Waals surface area contributed by atoms with Crippen molar-refractivity contribution in [3.63, 3.8) is 0 Å². The number of ketones is 1. The van der Waals surface area contributed by atoms with E-state index in [9.17, 15) is 24.9 Å². The number of carbonyl (C=O) groups is 2. The maximum atomic E-state index is 12.3. The van der Waals surface area contributed by atoms with Crippen LogP contribution in [0.25, 0.3) is 0 Å². The molecule has 4 N–H and O–H groups in total. The first-order valence-electron chi connectivity index (χ1n) is 7.66. The van der Waals surface area contributed by atoms with Crippen LogP contribution in [-0.2, 0) is 11.2 Å². The van der Waals surface area contributed by atoms with Gasteiger partial charge in [0.15, 0.2) is 5.78 Å². The fraction of sp³-hybridized carbons (Fsp3) is 0.222. The number of benzene rings is 2. The molecule has 0 heterocycles. The molecule has 0 bridgehead atoms. The number of rotatable bonds is 8. The monoisotopic (exact) mass is 383 g/mol. The number of ether oxygens (including phenoxy) is 2. The van der Waals surface area contributed by atoms with Crippen molar-refractivity contribution in [3.8, 4) is 23.0 Å². The number of anilines is 1. The average molecular weight is 383 g/mol. The van der Waals surface area contributed by atoms with Crippen molar-refractivity contribution in [2.75, 3.05) is 19.5 Å². The maximum absolute atomic E-state index is 12.3. The summed E-state index contributed by atoms with van der Waals surface area (Å²) in [6.07, 6.45) is 0.362. The van der Waals surface area contributed by atoms with Crippen LogP contribution in [0.15, 0.2) is 30.3 Å². The van der Waals surface area contributed by atoms with Crippen LogP contribution >= 0.6 is 0 Å². The zero-order chi connectivity index (χ0) is 19.3. The van der Waals surface area contributed by atoms with Crippen molar-refractivity contribution in [3.05, 3.63) is 41.5 Å². The first-order valence-corrected chi connectivity index (χ1v) is 7.66. The number of carboxylic acids is 1. The Bertz CT molecular complexity index is 815. The van der Waals surface area contributed by atoms with Gasteiger partial charge in [-0.1, -0.05) is 6.07 Å². The van der Waals surface area contributed by atoms with Crippen LogP contribution in [0.2, 0.25) is 0 Å². The number of carbonyl (C=O) groups excluding carboxylic acids is 2. The predicted octanol–water partition coefficient (Wildman–Crippen LogP) is -2.36. The summed E-state index contributed by atoms with van der Waals surface area (Å²) >= 11 is 0. The molecule has 8 nitrogen and oxygen atoms in total. The number of hydrogen-bond donors (Lipinski definition) is 3. The Kier molecular flexibility index (Phi) is 8.42. The largest absolute Gasteiger partial charge is 1.00 e. The number of aromatic hydroxyl groups is 2. The Hall–Kier alpha value is -2.42. The molecule has 0 amide bonds. The number of phenols is 2. The van der Waals surface area contributed by atoms with Gasteiger partial charge in [0, 0.05) is 18.6 Å². The summed E-state index contributed by atoms with van der Waals surface area (Å²) in [6.45, 7) is -0.745. The first-order chi connectivity index (χ1) is 12.3. The van der Waals surface area contributed by atoms with Crippen LogP contribution in [0.1, 0.15) is 22.3 Å². The van der Waals surface area contributed by atoms with E-state index in [0.717, 1.165) is 17.7 Å². The average Bonchev–Trinajstić information content (AvgIpc) is 2.57. The van der Waals surface area contributed by atoms with Gasteiger partial charge in [0.1, 0.15) is 35.2 Å². The molecular formula is C18H18NNaO7. The molecule has 0 atom stereocenters. The predicted molar refractivity (Wildman–Crippen MR) is 90.3 cm³/mol. The summed E-state index contributed by atoms with van der Waals surface area (Å²) in [5, 5.41) is 30.3. The number of methoxy groups -OCH3 is 1. The maximum Gasteiger partial charge on any atom is 1.00 e. The van der Waals surface area contributed by atoms with Crippen molar-refractivity contribution in [1.82, 2.24) is 0 Å². The van der Waals surface area contributed by atoms with Gasteiger partial charge in [-0.2, -0.15) is 0 Å². The molecule has 0 spiro atoms. The van der Waals surface area contributed by atoms with E-state index in [-0.39, 0.29) is 47.3 Å². The summed E-state index contributed by atoms with van der Waals surface area (Å²) in [5.74, 6) is -2.51. The summed E-state index contributed by atoms with van der Waals surface area (Å²) in [7, 11) is 1.50. The molecule has 2 rings (SSSR count). The van der Waals surface area contributed by atoms with Crippen LogP contribution in [0, 0.1) is 0 Å². The first kappa shape index (κ1) is 22.6. The van der Waals surface area contributed by atoms with Crippen LogP contribution < -0.4 is 49.9 Å². The molecule has 0 saturated carbocycles. The van der Waals surface area contributed by atoms with E-state index in [1.165, 1.54) is 7.11 Å². The molecule has 138 valence electrons. The van der Waals surface area contributed by atoms with Gasteiger partial charge < -0.3 is 35.3 Å². The quantitative estimate of drug-likeness (QED) is 0.261. The summed E-state index contributed by atoms with van der Waals surface area (Å²) in [5.41, 5.74) is 6.79. The second kappa shape index (κ2) is 10.1. The second-order valence-electron chi connectivity index (χ2n) is 5.50. The van der Waals surface area contributed by atoms with Gasteiger partial charge in [-0.25, -0.2) is 0 Å². The van der Waals surface area contributed by atoms with Crippen molar-refractivity contribution in [2.45, 2.75) is 12.8 Å². The minimum atomic E-state index is -1.46. The minimum Gasteiger partial charge on any atom is -0.546 e. The van der Waals surface area contributed by atoms with E-state index in [0.29, 0.717) is 17.9 Å². The molecule has 0 aromatic heterocycles. The molecule has 0 saturated heterocycles. The Balaban J connectivity index is 0.00000364. The smallest absolute Gasteiger partial charge is 0.546 e. The topological polar surface area (TPSA) is 142 Å². The van der Waals surface area contributed by atoms with Crippen molar-refractivity contribution >= 4 is 17.4 Å². The number of phenolic OH excluding ortho intramolecular Hbond substituents is 2. The van der Waals surface area contributed by atoms with E-state index >= 15 is 0 Å². The molecule has 0 radical (unpaired) electrons. The molecule has 27 heavy (non-hydrogen) atoms. The van der Waals surface area contributed by atoms with E-state index < -0.39 is 29.9 Å². The van der Waals surface area contributed by atoms with Crippen LogP contribution in [0.3, 0.4) is 0 Å². The van der Waals surface area contributed by atoms with Crippen LogP contribution in [0.4, 0.5) is 5.69 Å². The van der Waals surface area contributed by atoms with Gasteiger partial charge in [0.05, 0.1) is 18.8 Å². The number of nitrogens with two attached hydrogens (primary N) is 1. The Morgan fingerprint density at radius 1 is 1.15 bits per heavy atom. The van der Waals surface area contributed by atoms with E-state index in [1.54, 1.807) is 18.2 Å². The molecule has 0 unspecified atom stereocenters. The molecular weight excluding hydrogens is 365 g/mol. The van der Waals surface area contributed by atoms with E-state index in [2.05, 4.69) is 0 Å². The number of Topliss-reactive ketones (excluding diaryl/α,β-unsaturated/α-hetero) is 1. The van der Waals surface area contributed by atoms with Crippen molar-refractivity contribution < 1.29 is 63.9 Å². The number of nitrogen functional groups attached to an aromatic ring is 1. The van der Waals surface area contributed by atoms with E-state index in [1.807, 2.05) is 0 Å². The fourth-order valence-corrected chi connectivity index (χ4v) is 2.42. The van der Waals surface area contributed by atoms with Crippen molar-refractivity contribution in [2.24, 2.45) is 0 Å². The van der Waals surface area contributed by atoms with Gasteiger partial charge >= 0.3 is 29.6 Å². The van der Waals surface area contributed by atoms with Gasteiger partial charge in [-0.3, -0.25) is 4.79 Å². The number of hydrogen-bond acceptors (Lipinski definition) is 8. The second-order valence-corrected chi connectivity index (χ2v) is 5.50. The van der Waals surface area contributed by atoms with E-state index in [4.69, 9.17) is 15.2 Å². The van der Waals surface area contributed by atoms with Crippen LogP contribution in [0.5, 0.6) is 23.0 Å². The normalized spacial score (nSPS) is 9.96. The summed E-state index contributed by atoms with van der Waals surface area (Å²) in [6, 6.07) is 7.25. The third-order valence-corrected chi connectivity index (χ3v) is 3.64. The van der Waals surface area contributed by atoms with Crippen LogP contribution in [-0.4, -0.2) is 35.7 Å². The Morgan fingerprint density at radius 3 is 2.30 bits per heavy atom. The third kappa shape index (κ3) is 6.06. The molecule has 2 aromatic rings. The number of aliphatic carboxylic acids is 1. The van der Waals surface area contributed by atoms with Gasteiger partial charge in [0.2, 0.25) is 0 Å². The number of aryl methyl sites for hydroxylation is 1. The molecule has 0 fully saturated rings.